The van der Waals surface area contributed by atoms with Crippen molar-refractivity contribution in [2.24, 2.45) is 0 Å². The fraction of sp³-hybridized carbons (Fsp3) is 0.385. The van der Waals surface area contributed by atoms with Crippen LogP contribution >= 0.6 is 0 Å². The third-order valence-electron chi connectivity index (χ3n) is 2.09. The van der Waals surface area contributed by atoms with Gasteiger partial charge in [-0.1, -0.05) is 62.1 Å². The summed E-state index contributed by atoms with van der Waals surface area (Å²) in [5.41, 5.74) is 1.40. The van der Waals surface area contributed by atoms with Crippen LogP contribution in [-0.2, 0) is 6.42 Å². The number of rotatable bonds is 4. The highest BCUT2D eigenvalue weighted by Gasteiger charge is 2.08. The lowest BCUT2D eigenvalue weighted by molar-refractivity contribution is 1.26. The summed E-state index contributed by atoms with van der Waals surface area (Å²) < 4.78 is 0. The molecule has 0 aliphatic carbocycles. The highest BCUT2D eigenvalue weighted by atomic mass is 28.3. The second-order valence-electron chi connectivity index (χ2n) is 4.93. The first-order chi connectivity index (χ1) is 6.58. The average Bonchev–Trinajstić information content (AvgIpc) is 2.13. The fourth-order valence-corrected chi connectivity index (χ4v) is 2.14. The number of hydrogen-bond donors (Lipinski definition) is 0. The van der Waals surface area contributed by atoms with Gasteiger partial charge in [0, 0.05) is 8.07 Å². The SMILES string of the molecule is C[Si](C)(C)CC=CCc1ccccc1. The lowest BCUT2D eigenvalue weighted by Gasteiger charge is -2.11. The molecule has 0 amide bonds. The third-order valence-corrected chi connectivity index (χ3v) is 3.55. The quantitative estimate of drug-likeness (QED) is 0.511. The highest BCUT2D eigenvalue weighted by Crippen LogP contribution is 2.09. The first-order valence-corrected chi connectivity index (χ1v) is 8.97. The molecule has 0 saturated heterocycles. The van der Waals surface area contributed by atoms with Crippen molar-refractivity contribution in [1.29, 1.82) is 0 Å². The zero-order chi connectivity index (χ0) is 10.4. The molecule has 14 heavy (non-hydrogen) atoms. The molecule has 0 aromatic heterocycles. The first kappa shape index (κ1) is 11.3. The van der Waals surface area contributed by atoms with Crippen molar-refractivity contribution < 1.29 is 0 Å². The Labute approximate surface area is 88.7 Å². The van der Waals surface area contributed by atoms with Crippen LogP contribution in [0, 0.1) is 0 Å². The summed E-state index contributed by atoms with van der Waals surface area (Å²) >= 11 is 0. The normalized spacial score (nSPS) is 12.2. The molecule has 0 saturated carbocycles. The molecular weight excluding hydrogens is 184 g/mol. The Balaban J connectivity index is 2.35. The molecule has 0 radical (unpaired) electrons. The molecule has 0 fully saturated rings. The Kier molecular flexibility index (Phi) is 4.14. The van der Waals surface area contributed by atoms with E-state index in [0.717, 1.165) is 6.42 Å². The molecule has 0 spiro atoms. The lowest BCUT2D eigenvalue weighted by atomic mass is 10.1. The monoisotopic (exact) mass is 204 g/mol. The number of allylic oxidation sites excluding steroid dienone is 2. The van der Waals surface area contributed by atoms with Gasteiger partial charge in [-0.2, -0.15) is 0 Å². The molecule has 0 atom stereocenters. The van der Waals surface area contributed by atoms with E-state index in [9.17, 15) is 0 Å². The van der Waals surface area contributed by atoms with Crippen molar-refractivity contribution in [3.05, 3.63) is 48.0 Å². The van der Waals surface area contributed by atoms with Crippen LogP contribution in [0.15, 0.2) is 42.5 Å². The summed E-state index contributed by atoms with van der Waals surface area (Å²) in [4.78, 5) is 0. The van der Waals surface area contributed by atoms with E-state index in [-0.39, 0.29) is 0 Å². The molecule has 1 rings (SSSR count). The van der Waals surface area contributed by atoms with Crippen molar-refractivity contribution in [1.82, 2.24) is 0 Å². The minimum absolute atomic E-state index is 0.882. The second kappa shape index (κ2) is 5.16. The molecule has 1 heteroatoms. The van der Waals surface area contributed by atoms with Crippen molar-refractivity contribution >= 4 is 8.07 Å². The maximum Gasteiger partial charge on any atom is 0.0480 e. The van der Waals surface area contributed by atoms with E-state index in [0.29, 0.717) is 0 Å². The van der Waals surface area contributed by atoms with Crippen LogP contribution in [0.25, 0.3) is 0 Å². The van der Waals surface area contributed by atoms with E-state index in [2.05, 4.69) is 62.1 Å². The Bertz CT molecular complexity index is 280. The van der Waals surface area contributed by atoms with E-state index >= 15 is 0 Å². The highest BCUT2D eigenvalue weighted by molar-refractivity contribution is 6.76. The summed E-state index contributed by atoms with van der Waals surface area (Å²) in [5.74, 6) is 0. The van der Waals surface area contributed by atoms with E-state index in [1.54, 1.807) is 0 Å². The Hall–Kier alpha value is -0.823. The van der Waals surface area contributed by atoms with E-state index in [1.807, 2.05) is 0 Å². The van der Waals surface area contributed by atoms with Crippen LogP contribution in [0.5, 0.6) is 0 Å². The molecule has 0 N–H and O–H groups in total. The van der Waals surface area contributed by atoms with Crippen LogP contribution < -0.4 is 0 Å². The molecular formula is C13H20Si. The van der Waals surface area contributed by atoms with Gasteiger partial charge in [0.1, 0.15) is 0 Å². The van der Waals surface area contributed by atoms with Gasteiger partial charge in [0.05, 0.1) is 0 Å². The molecule has 1 aromatic rings. The maximum absolute atomic E-state index is 2.40. The largest absolute Gasteiger partial charge is 0.0909 e. The van der Waals surface area contributed by atoms with Gasteiger partial charge in [-0.15, -0.1) is 0 Å². The summed E-state index contributed by atoms with van der Waals surface area (Å²) in [6, 6.07) is 11.9. The average molecular weight is 204 g/mol. The minimum atomic E-state index is -0.882. The van der Waals surface area contributed by atoms with E-state index in [4.69, 9.17) is 0 Å². The second-order valence-corrected chi connectivity index (χ2v) is 10.5. The topological polar surface area (TPSA) is 0 Å². The predicted molar refractivity (Wildman–Crippen MR) is 67.4 cm³/mol. The van der Waals surface area contributed by atoms with Crippen molar-refractivity contribution in [3.63, 3.8) is 0 Å². The number of hydrogen-bond acceptors (Lipinski definition) is 0. The molecule has 0 aliphatic rings. The van der Waals surface area contributed by atoms with Crippen LogP contribution in [0.3, 0.4) is 0 Å². The minimum Gasteiger partial charge on any atom is -0.0909 e. The first-order valence-electron chi connectivity index (χ1n) is 5.27. The standard InChI is InChI=1S/C13H20Si/c1-14(2,3)12-8-7-11-13-9-5-4-6-10-13/h4-10H,11-12H2,1-3H3. The van der Waals surface area contributed by atoms with Gasteiger partial charge in [-0.3, -0.25) is 0 Å². The Morgan fingerprint density at radius 2 is 1.64 bits per heavy atom. The van der Waals surface area contributed by atoms with E-state index < -0.39 is 8.07 Å². The molecule has 1 aromatic carbocycles. The summed E-state index contributed by atoms with van der Waals surface area (Å²) in [5, 5.41) is 0. The Morgan fingerprint density at radius 3 is 2.21 bits per heavy atom. The van der Waals surface area contributed by atoms with E-state index in [1.165, 1.54) is 11.6 Å². The summed E-state index contributed by atoms with van der Waals surface area (Å²) in [6.45, 7) is 7.21. The summed E-state index contributed by atoms with van der Waals surface area (Å²) in [7, 11) is -0.882. The smallest absolute Gasteiger partial charge is 0.0480 e. The molecule has 0 heterocycles. The van der Waals surface area contributed by atoms with Gasteiger partial charge >= 0.3 is 0 Å². The van der Waals surface area contributed by atoms with Crippen LogP contribution in [0.4, 0.5) is 0 Å². The zero-order valence-corrected chi connectivity index (χ0v) is 10.5. The van der Waals surface area contributed by atoms with Crippen molar-refractivity contribution in [3.8, 4) is 0 Å². The van der Waals surface area contributed by atoms with Gasteiger partial charge in [-0.05, 0) is 18.0 Å². The van der Waals surface area contributed by atoms with Crippen molar-refractivity contribution in [2.45, 2.75) is 32.1 Å². The zero-order valence-electron chi connectivity index (χ0n) is 9.46. The predicted octanol–water partition coefficient (Wildman–Crippen LogP) is 4.12. The van der Waals surface area contributed by atoms with Gasteiger partial charge in [0.25, 0.3) is 0 Å². The third kappa shape index (κ3) is 5.03. The molecule has 0 unspecified atom stereocenters. The lowest BCUT2D eigenvalue weighted by Crippen LogP contribution is -2.17. The van der Waals surface area contributed by atoms with Crippen molar-refractivity contribution in [2.75, 3.05) is 0 Å². The van der Waals surface area contributed by atoms with Gasteiger partial charge in [0.15, 0.2) is 0 Å². The molecule has 76 valence electrons. The van der Waals surface area contributed by atoms with Gasteiger partial charge in [0.2, 0.25) is 0 Å². The summed E-state index contributed by atoms with van der Waals surface area (Å²) in [6.07, 6.45) is 5.72. The fourth-order valence-electron chi connectivity index (χ4n) is 1.27. The van der Waals surface area contributed by atoms with Crippen LogP contribution in [-0.4, -0.2) is 8.07 Å². The Morgan fingerprint density at radius 1 is 1.00 bits per heavy atom. The van der Waals surface area contributed by atoms with Gasteiger partial charge < -0.3 is 0 Å². The van der Waals surface area contributed by atoms with Crippen LogP contribution in [0.1, 0.15) is 5.56 Å². The number of benzene rings is 1. The van der Waals surface area contributed by atoms with Crippen LogP contribution in [0.2, 0.25) is 25.7 Å². The van der Waals surface area contributed by atoms with Gasteiger partial charge in [-0.25, -0.2) is 0 Å². The molecule has 0 aliphatic heterocycles. The maximum atomic E-state index is 2.40. The molecule has 0 nitrogen and oxygen atoms in total. The molecule has 0 bridgehead atoms.